The standard InChI is InChI=1S/C22H27NO.C14H12F2N2.C2H6/c1-5-15-23-21-13-11-20(12-14-21)19-9-7-18(8-10-19)17(3)16-22(6-2)24-4;1-9-8-17-7-6-13(9)18-10(2)11-4-3-5-12(15)14(11)16;1-2/h7-14,16,23H,3,5-6,15H2,1-2,4H3;3-6,8H,1,7H2,2H3;1-2H3/b22-16-;;. The summed E-state index contributed by atoms with van der Waals surface area (Å²) in [4.78, 5) is 8.29. The van der Waals surface area contributed by atoms with Crippen LogP contribution in [0.1, 0.15) is 58.6 Å². The average Bonchev–Trinajstić information content (AvgIpc) is 3.06. The molecular formula is C38H45F2N3O. The van der Waals surface area contributed by atoms with E-state index in [9.17, 15) is 8.78 Å². The number of hydrogen-bond acceptors (Lipinski definition) is 4. The van der Waals surface area contributed by atoms with Crippen LogP contribution in [0.15, 0.2) is 119 Å². The second kappa shape index (κ2) is 18.9. The molecule has 1 heterocycles. The molecule has 232 valence electrons. The number of hydrogen-bond donors (Lipinski definition) is 1. The number of allylic oxidation sites excluding steroid dienone is 4. The minimum Gasteiger partial charge on any atom is -0.501 e. The van der Waals surface area contributed by atoms with Gasteiger partial charge in [0.25, 0.3) is 0 Å². The first-order valence-electron chi connectivity index (χ1n) is 15.0. The minimum atomic E-state index is -0.880. The lowest BCUT2D eigenvalue weighted by Gasteiger charge is -2.08. The molecule has 6 heteroatoms. The van der Waals surface area contributed by atoms with E-state index >= 15 is 0 Å². The van der Waals surface area contributed by atoms with Crippen LogP contribution in [-0.4, -0.2) is 32.1 Å². The van der Waals surface area contributed by atoms with Crippen molar-refractivity contribution in [3.63, 3.8) is 0 Å². The number of ether oxygens (including phenoxy) is 1. The molecule has 0 fully saturated rings. The lowest BCUT2D eigenvalue weighted by atomic mass is 10.0. The van der Waals surface area contributed by atoms with Crippen LogP contribution in [-0.2, 0) is 4.74 Å². The Morgan fingerprint density at radius 2 is 1.64 bits per heavy atom. The maximum Gasteiger partial charge on any atom is 0.167 e. The number of nitrogens with zero attached hydrogens (tertiary/aromatic N) is 2. The van der Waals surface area contributed by atoms with Gasteiger partial charge in [0.15, 0.2) is 11.6 Å². The summed E-state index contributed by atoms with van der Waals surface area (Å²) in [7, 11) is 1.70. The molecule has 0 aromatic heterocycles. The summed E-state index contributed by atoms with van der Waals surface area (Å²) in [5.74, 6) is -0.811. The van der Waals surface area contributed by atoms with Gasteiger partial charge in [0.2, 0.25) is 0 Å². The van der Waals surface area contributed by atoms with Gasteiger partial charge in [0, 0.05) is 41.7 Å². The molecule has 4 nitrogen and oxygen atoms in total. The molecule has 0 unspecified atom stereocenters. The van der Waals surface area contributed by atoms with Gasteiger partial charge >= 0.3 is 0 Å². The highest BCUT2D eigenvalue weighted by molar-refractivity contribution is 6.00. The molecule has 44 heavy (non-hydrogen) atoms. The molecule has 0 saturated heterocycles. The Bertz CT molecular complexity index is 1490. The maximum atomic E-state index is 13.6. The topological polar surface area (TPSA) is 46.0 Å². The molecule has 4 rings (SSSR count). The van der Waals surface area contributed by atoms with E-state index in [2.05, 4.69) is 90.8 Å². The predicted octanol–water partition coefficient (Wildman–Crippen LogP) is 10.5. The molecule has 1 aliphatic heterocycles. The summed E-state index contributed by atoms with van der Waals surface area (Å²) in [6, 6.07) is 21.1. The number of halogens is 2. The fourth-order valence-electron chi connectivity index (χ4n) is 4.15. The SMILES string of the molecule is C=C(/C=C(/CC)OC)c1ccc(-c2ccc(NCCC)cc2)cc1.C=C1C=NCC=C1N=C(C)c1cccc(F)c1F.CC. The molecule has 0 spiro atoms. The summed E-state index contributed by atoms with van der Waals surface area (Å²) in [5.41, 5.74) is 7.56. The first kappa shape index (κ1) is 35.6. The van der Waals surface area contributed by atoms with E-state index < -0.39 is 11.6 Å². The van der Waals surface area contributed by atoms with Gasteiger partial charge < -0.3 is 10.1 Å². The third-order valence-electron chi connectivity index (χ3n) is 6.59. The molecule has 0 saturated carbocycles. The van der Waals surface area contributed by atoms with E-state index in [1.165, 1.54) is 28.9 Å². The van der Waals surface area contributed by atoms with Crippen LogP contribution in [0.3, 0.4) is 0 Å². The van der Waals surface area contributed by atoms with Gasteiger partial charge in [-0.2, -0.15) is 0 Å². The van der Waals surface area contributed by atoms with Crippen molar-refractivity contribution < 1.29 is 13.5 Å². The molecule has 0 bridgehead atoms. The quantitative estimate of drug-likeness (QED) is 0.144. The highest BCUT2D eigenvalue weighted by atomic mass is 19.2. The monoisotopic (exact) mass is 597 g/mol. The maximum absolute atomic E-state index is 13.6. The zero-order valence-corrected chi connectivity index (χ0v) is 26.9. The molecule has 3 aromatic carbocycles. The van der Waals surface area contributed by atoms with Crippen LogP contribution in [0, 0.1) is 11.6 Å². The lowest BCUT2D eigenvalue weighted by Crippen LogP contribution is -2.04. The predicted molar refractivity (Wildman–Crippen MR) is 186 cm³/mol. The molecule has 0 radical (unpaired) electrons. The van der Waals surface area contributed by atoms with Gasteiger partial charge in [-0.05, 0) is 72.0 Å². The zero-order chi connectivity index (χ0) is 32.5. The van der Waals surface area contributed by atoms with Crippen molar-refractivity contribution in [1.82, 2.24) is 0 Å². The molecule has 1 N–H and O–H groups in total. The van der Waals surface area contributed by atoms with Crippen molar-refractivity contribution in [1.29, 1.82) is 0 Å². The Balaban J connectivity index is 0.000000301. The van der Waals surface area contributed by atoms with Crippen molar-refractivity contribution in [2.75, 3.05) is 25.5 Å². The summed E-state index contributed by atoms with van der Waals surface area (Å²) in [5, 5.41) is 3.40. The largest absolute Gasteiger partial charge is 0.501 e. The van der Waals surface area contributed by atoms with E-state index in [4.69, 9.17) is 4.74 Å². The minimum absolute atomic E-state index is 0.159. The number of benzene rings is 3. The van der Waals surface area contributed by atoms with Gasteiger partial charge in [-0.15, -0.1) is 0 Å². The van der Waals surface area contributed by atoms with Gasteiger partial charge in [0.1, 0.15) is 0 Å². The lowest BCUT2D eigenvalue weighted by molar-refractivity contribution is 0.281. The van der Waals surface area contributed by atoms with Crippen LogP contribution < -0.4 is 5.32 Å². The zero-order valence-electron chi connectivity index (χ0n) is 26.9. The molecule has 0 aliphatic carbocycles. The van der Waals surface area contributed by atoms with Gasteiger partial charge in [-0.1, -0.05) is 83.3 Å². The third-order valence-corrected chi connectivity index (χ3v) is 6.59. The Morgan fingerprint density at radius 1 is 1.00 bits per heavy atom. The smallest absolute Gasteiger partial charge is 0.167 e. The Morgan fingerprint density at radius 3 is 2.20 bits per heavy atom. The number of nitrogens with one attached hydrogen (secondary N) is 1. The number of methoxy groups -OCH3 is 1. The molecular weight excluding hydrogens is 552 g/mol. The molecule has 0 atom stereocenters. The summed E-state index contributed by atoms with van der Waals surface area (Å²) in [6.45, 7) is 19.3. The highest BCUT2D eigenvalue weighted by Crippen LogP contribution is 2.25. The average molecular weight is 598 g/mol. The first-order chi connectivity index (χ1) is 21.3. The van der Waals surface area contributed by atoms with Crippen molar-refractivity contribution in [3.8, 4) is 11.1 Å². The molecule has 1 aliphatic rings. The van der Waals surface area contributed by atoms with E-state index in [-0.39, 0.29) is 5.56 Å². The van der Waals surface area contributed by atoms with Crippen LogP contribution in [0.25, 0.3) is 16.7 Å². The van der Waals surface area contributed by atoms with Crippen molar-refractivity contribution in [2.45, 2.75) is 47.5 Å². The van der Waals surface area contributed by atoms with E-state index in [1.54, 1.807) is 26.3 Å². The van der Waals surface area contributed by atoms with Crippen LogP contribution >= 0.6 is 0 Å². The van der Waals surface area contributed by atoms with Crippen molar-refractivity contribution >= 4 is 23.2 Å². The van der Waals surface area contributed by atoms with Crippen molar-refractivity contribution in [2.24, 2.45) is 9.98 Å². The second-order valence-corrected chi connectivity index (χ2v) is 9.68. The Labute approximate surface area is 262 Å². The normalized spacial score (nSPS) is 12.7. The van der Waals surface area contributed by atoms with E-state index in [0.29, 0.717) is 23.5 Å². The Hall–Kier alpha value is -4.58. The summed E-state index contributed by atoms with van der Waals surface area (Å²) >= 11 is 0. The third kappa shape index (κ3) is 10.6. The van der Waals surface area contributed by atoms with E-state index in [0.717, 1.165) is 42.3 Å². The van der Waals surface area contributed by atoms with Gasteiger partial charge in [-0.25, -0.2) is 8.78 Å². The Kier molecular flexibility index (Phi) is 15.3. The number of aliphatic imine (C=N–C) groups is 2. The summed E-state index contributed by atoms with van der Waals surface area (Å²) < 4.78 is 32.0. The number of anilines is 1. The summed E-state index contributed by atoms with van der Waals surface area (Å²) in [6.07, 6.45) is 7.41. The fourth-order valence-corrected chi connectivity index (χ4v) is 4.15. The van der Waals surface area contributed by atoms with Crippen molar-refractivity contribution in [3.05, 3.63) is 132 Å². The second-order valence-electron chi connectivity index (χ2n) is 9.68. The van der Waals surface area contributed by atoms with E-state index in [1.807, 2.05) is 19.9 Å². The van der Waals surface area contributed by atoms with Gasteiger partial charge in [0.05, 0.1) is 25.1 Å². The van der Waals surface area contributed by atoms with Crippen LogP contribution in [0.2, 0.25) is 0 Å². The van der Waals surface area contributed by atoms with Crippen LogP contribution in [0.5, 0.6) is 0 Å². The fraction of sp³-hybridized carbons (Fsp3) is 0.263. The number of dihydropyridines is 1. The number of rotatable bonds is 10. The highest BCUT2D eigenvalue weighted by Gasteiger charge is 2.11. The molecule has 3 aromatic rings. The van der Waals surface area contributed by atoms with Crippen LogP contribution in [0.4, 0.5) is 14.5 Å². The molecule has 0 amide bonds. The van der Waals surface area contributed by atoms with Gasteiger partial charge in [-0.3, -0.25) is 9.98 Å². The first-order valence-corrected chi connectivity index (χ1v) is 15.0.